The highest BCUT2D eigenvalue weighted by atomic mass is 16.6. The van der Waals surface area contributed by atoms with Crippen molar-refractivity contribution >= 4 is 17.9 Å². The molecule has 1 atom stereocenters. The van der Waals surface area contributed by atoms with Crippen molar-refractivity contribution in [3.8, 4) is 0 Å². The van der Waals surface area contributed by atoms with Crippen LogP contribution in [0.1, 0.15) is 297 Å². The zero-order valence-electron chi connectivity index (χ0n) is 48.6. The van der Waals surface area contributed by atoms with Crippen LogP contribution < -0.4 is 0 Å². The largest absolute Gasteiger partial charge is 0.462 e. The van der Waals surface area contributed by atoms with Gasteiger partial charge in [0.05, 0.1) is 0 Å². The highest BCUT2D eigenvalue weighted by molar-refractivity contribution is 5.71. The Morgan fingerprint density at radius 3 is 0.905 bits per heavy atom. The van der Waals surface area contributed by atoms with Crippen molar-refractivity contribution in [3.63, 3.8) is 0 Å². The SMILES string of the molecule is CC/C=C\C/C=C\C/C=C\C/C=C\C/C=C\C/C=C\CCC(=O)OC(COC(=O)CCCCCCCCC/C=C\C/C=C\CCCCC)COC(=O)CCCCCCCCCCCCCCCCCCCCCC. The Labute approximate surface area is 457 Å². The summed E-state index contributed by atoms with van der Waals surface area (Å²) in [6, 6.07) is 0. The minimum Gasteiger partial charge on any atom is -0.462 e. The average molecular weight is 1030 g/mol. The number of rotatable bonds is 56. The molecular formula is C68H116O6. The Balaban J connectivity index is 4.47. The third-order valence-electron chi connectivity index (χ3n) is 13.3. The fourth-order valence-corrected chi connectivity index (χ4v) is 8.68. The third-order valence-corrected chi connectivity index (χ3v) is 13.3. The third kappa shape index (κ3) is 59.2. The fourth-order valence-electron chi connectivity index (χ4n) is 8.68. The standard InChI is InChI=1S/C68H116O6/c1-4-7-10-13-16-19-22-25-28-31-33-35-37-40-43-46-49-52-55-58-61-67(70)73-64-65(63-72-66(69)60-57-54-51-48-45-42-39-36-30-27-24-21-18-15-12-9-6-3)74-68(71)62-59-56-53-50-47-44-41-38-34-32-29-26-23-20-17-14-11-8-5-2/h8,11,17-18,20-21,26-27,29-30,34,38,44,47,53,56,65H,4-7,9-10,12-16,19,22-25,28,31-33,35-37,39-43,45-46,48-52,54-55,57-64H2,1-3H3/b11-8-,20-17-,21-18-,29-26-,30-27-,38-34-,47-44-,56-53-. The van der Waals surface area contributed by atoms with Gasteiger partial charge in [0.2, 0.25) is 0 Å². The molecule has 0 amide bonds. The Hall–Kier alpha value is -3.67. The van der Waals surface area contributed by atoms with Crippen molar-refractivity contribution in [3.05, 3.63) is 97.2 Å². The summed E-state index contributed by atoms with van der Waals surface area (Å²) >= 11 is 0. The van der Waals surface area contributed by atoms with E-state index in [-0.39, 0.29) is 31.6 Å². The molecule has 0 saturated carbocycles. The minimum absolute atomic E-state index is 0.108. The quantitative estimate of drug-likeness (QED) is 0.0261. The molecule has 0 aromatic rings. The number of hydrogen-bond acceptors (Lipinski definition) is 6. The molecular weight excluding hydrogens is 913 g/mol. The number of unbranched alkanes of at least 4 members (excludes halogenated alkanes) is 29. The van der Waals surface area contributed by atoms with E-state index in [1.165, 1.54) is 161 Å². The molecule has 0 aromatic heterocycles. The highest BCUT2D eigenvalue weighted by Crippen LogP contribution is 2.16. The zero-order valence-corrected chi connectivity index (χ0v) is 48.6. The summed E-state index contributed by atoms with van der Waals surface area (Å²) in [6.45, 7) is 6.46. The van der Waals surface area contributed by atoms with Gasteiger partial charge in [0.1, 0.15) is 13.2 Å². The van der Waals surface area contributed by atoms with Crippen LogP contribution in [0.15, 0.2) is 97.2 Å². The molecule has 0 aliphatic carbocycles. The maximum absolute atomic E-state index is 12.9. The molecule has 0 aliphatic heterocycles. The van der Waals surface area contributed by atoms with Gasteiger partial charge in [-0.2, -0.15) is 0 Å². The summed E-state index contributed by atoms with van der Waals surface area (Å²) in [5, 5.41) is 0. The summed E-state index contributed by atoms with van der Waals surface area (Å²) in [4.78, 5) is 38.3. The molecule has 0 heterocycles. The second kappa shape index (κ2) is 61.9. The van der Waals surface area contributed by atoms with E-state index in [1.807, 2.05) is 6.08 Å². The number of ether oxygens (including phenoxy) is 3. The van der Waals surface area contributed by atoms with E-state index in [1.54, 1.807) is 0 Å². The van der Waals surface area contributed by atoms with E-state index in [4.69, 9.17) is 14.2 Å². The van der Waals surface area contributed by atoms with Crippen LogP contribution in [0, 0.1) is 0 Å². The Kier molecular flexibility index (Phi) is 58.8. The molecule has 0 aromatic carbocycles. The normalized spacial score (nSPS) is 12.7. The summed E-state index contributed by atoms with van der Waals surface area (Å²) in [5.41, 5.74) is 0. The van der Waals surface area contributed by atoms with Gasteiger partial charge < -0.3 is 14.2 Å². The average Bonchev–Trinajstić information content (AvgIpc) is 3.40. The lowest BCUT2D eigenvalue weighted by atomic mass is 10.0. The van der Waals surface area contributed by atoms with E-state index in [0.717, 1.165) is 89.9 Å². The van der Waals surface area contributed by atoms with E-state index in [0.29, 0.717) is 19.3 Å². The molecule has 424 valence electrons. The van der Waals surface area contributed by atoms with E-state index in [2.05, 4.69) is 112 Å². The summed E-state index contributed by atoms with van der Waals surface area (Å²) in [7, 11) is 0. The van der Waals surface area contributed by atoms with Crippen molar-refractivity contribution in [2.45, 2.75) is 303 Å². The minimum atomic E-state index is -0.822. The zero-order chi connectivity index (χ0) is 53.6. The van der Waals surface area contributed by atoms with Gasteiger partial charge >= 0.3 is 17.9 Å². The van der Waals surface area contributed by atoms with Crippen LogP contribution in [0.25, 0.3) is 0 Å². The molecule has 74 heavy (non-hydrogen) atoms. The van der Waals surface area contributed by atoms with Crippen LogP contribution in [-0.2, 0) is 28.6 Å². The van der Waals surface area contributed by atoms with Gasteiger partial charge in [-0.05, 0) is 89.9 Å². The summed E-state index contributed by atoms with van der Waals surface area (Å²) < 4.78 is 16.8. The Bertz CT molecular complexity index is 1460. The van der Waals surface area contributed by atoms with Crippen LogP contribution in [0.4, 0.5) is 0 Å². The molecule has 0 rings (SSSR count). The first-order valence-corrected chi connectivity index (χ1v) is 31.2. The van der Waals surface area contributed by atoms with Gasteiger partial charge in [-0.15, -0.1) is 0 Å². The molecule has 0 N–H and O–H groups in total. The predicted octanol–water partition coefficient (Wildman–Crippen LogP) is 21.3. The number of hydrogen-bond donors (Lipinski definition) is 0. The van der Waals surface area contributed by atoms with Crippen molar-refractivity contribution < 1.29 is 28.6 Å². The number of carbonyl (C=O) groups is 3. The van der Waals surface area contributed by atoms with Crippen LogP contribution in [0.5, 0.6) is 0 Å². The lowest BCUT2D eigenvalue weighted by molar-refractivity contribution is -0.166. The highest BCUT2D eigenvalue weighted by Gasteiger charge is 2.19. The van der Waals surface area contributed by atoms with Crippen molar-refractivity contribution in [1.82, 2.24) is 0 Å². The molecule has 6 nitrogen and oxygen atoms in total. The van der Waals surface area contributed by atoms with E-state index in [9.17, 15) is 14.4 Å². The first kappa shape index (κ1) is 70.3. The van der Waals surface area contributed by atoms with Crippen LogP contribution >= 0.6 is 0 Å². The topological polar surface area (TPSA) is 78.9 Å². The molecule has 0 saturated heterocycles. The summed E-state index contributed by atoms with van der Waals surface area (Å²) in [5.74, 6) is -0.991. The van der Waals surface area contributed by atoms with Gasteiger partial charge in [0.15, 0.2) is 6.10 Å². The first-order valence-electron chi connectivity index (χ1n) is 31.2. The molecule has 0 fully saturated rings. The molecule has 1 unspecified atom stereocenters. The van der Waals surface area contributed by atoms with Gasteiger partial charge in [0, 0.05) is 19.3 Å². The predicted molar refractivity (Wildman–Crippen MR) is 320 cm³/mol. The van der Waals surface area contributed by atoms with Crippen molar-refractivity contribution in [2.24, 2.45) is 0 Å². The lowest BCUT2D eigenvalue weighted by Crippen LogP contribution is -2.30. The van der Waals surface area contributed by atoms with Gasteiger partial charge in [-0.3, -0.25) is 14.4 Å². The maximum Gasteiger partial charge on any atom is 0.306 e. The molecule has 0 aliphatic rings. The Morgan fingerprint density at radius 1 is 0.284 bits per heavy atom. The van der Waals surface area contributed by atoms with Gasteiger partial charge in [-0.25, -0.2) is 0 Å². The van der Waals surface area contributed by atoms with Crippen LogP contribution in [-0.4, -0.2) is 37.2 Å². The van der Waals surface area contributed by atoms with Crippen molar-refractivity contribution in [1.29, 1.82) is 0 Å². The smallest absolute Gasteiger partial charge is 0.306 e. The molecule has 0 radical (unpaired) electrons. The molecule has 0 spiro atoms. The van der Waals surface area contributed by atoms with Crippen LogP contribution in [0.2, 0.25) is 0 Å². The summed E-state index contributed by atoms with van der Waals surface area (Å²) in [6.07, 6.45) is 82.8. The van der Waals surface area contributed by atoms with E-state index >= 15 is 0 Å². The second-order valence-electron chi connectivity index (χ2n) is 20.6. The van der Waals surface area contributed by atoms with Crippen molar-refractivity contribution in [2.75, 3.05) is 13.2 Å². The first-order chi connectivity index (χ1) is 36.5. The maximum atomic E-state index is 12.9. The number of carbonyl (C=O) groups excluding carboxylic acids is 3. The monoisotopic (exact) mass is 1030 g/mol. The van der Waals surface area contributed by atoms with Gasteiger partial charge in [-0.1, -0.05) is 285 Å². The molecule has 6 heteroatoms. The van der Waals surface area contributed by atoms with Gasteiger partial charge in [0.25, 0.3) is 0 Å². The fraction of sp³-hybridized carbons (Fsp3) is 0.721. The Morgan fingerprint density at radius 2 is 0.554 bits per heavy atom. The lowest BCUT2D eigenvalue weighted by Gasteiger charge is -2.18. The number of esters is 3. The second-order valence-corrected chi connectivity index (χ2v) is 20.6. The number of allylic oxidation sites excluding steroid dienone is 16. The van der Waals surface area contributed by atoms with Crippen LogP contribution in [0.3, 0.4) is 0 Å². The van der Waals surface area contributed by atoms with E-state index < -0.39 is 12.1 Å². The molecule has 0 bridgehead atoms.